The number of sulfonamides is 1. The largest absolute Gasteiger partial charge is 0.497 e. The van der Waals surface area contributed by atoms with Crippen LogP contribution < -0.4 is 10.1 Å². The van der Waals surface area contributed by atoms with Gasteiger partial charge in [-0.25, -0.2) is 8.42 Å². The lowest BCUT2D eigenvalue weighted by Crippen LogP contribution is -2.35. The molecule has 3 rings (SSSR count). The van der Waals surface area contributed by atoms with Gasteiger partial charge in [0.1, 0.15) is 5.75 Å². The number of hydrogen-bond donors (Lipinski definition) is 1. The number of anilines is 1. The lowest BCUT2D eigenvalue weighted by molar-refractivity contribution is -0.116. The quantitative estimate of drug-likeness (QED) is 0.600. The van der Waals surface area contributed by atoms with Crippen LogP contribution in [0.1, 0.15) is 11.1 Å². The van der Waals surface area contributed by atoms with Crippen LogP contribution in [0.4, 0.5) is 5.69 Å². The monoisotopic (exact) mass is 424 g/mol. The third-order valence-corrected chi connectivity index (χ3v) is 6.48. The summed E-state index contributed by atoms with van der Waals surface area (Å²) in [5.41, 5.74) is 2.75. The molecule has 156 valence electrons. The first kappa shape index (κ1) is 21.5. The second kappa shape index (κ2) is 9.56. The Hall–Kier alpha value is -3.16. The normalized spacial score (nSPS) is 11.3. The van der Waals surface area contributed by atoms with Gasteiger partial charge in [0.05, 0.1) is 18.6 Å². The number of hydrogen-bond acceptors (Lipinski definition) is 4. The summed E-state index contributed by atoms with van der Waals surface area (Å²) in [6, 6.07) is 23.5. The van der Waals surface area contributed by atoms with Crippen LogP contribution in [-0.2, 0) is 21.2 Å². The fourth-order valence-electron chi connectivity index (χ4n) is 3.02. The first-order valence-corrected chi connectivity index (χ1v) is 10.9. The number of carbonyl (C=O) groups excluding carboxylic acids is 1. The Balaban J connectivity index is 1.69. The highest BCUT2D eigenvalue weighted by atomic mass is 32.2. The van der Waals surface area contributed by atoms with Crippen LogP contribution >= 0.6 is 0 Å². The summed E-state index contributed by atoms with van der Waals surface area (Å²) in [6.45, 7) is -0.298. The molecule has 0 aliphatic rings. The van der Waals surface area contributed by atoms with Gasteiger partial charge in [0, 0.05) is 12.7 Å². The van der Waals surface area contributed by atoms with Crippen LogP contribution in [0.3, 0.4) is 0 Å². The molecular formula is C23H24N2O4S. The zero-order valence-electron chi connectivity index (χ0n) is 16.9. The van der Waals surface area contributed by atoms with Gasteiger partial charge < -0.3 is 10.1 Å². The van der Waals surface area contributed by atoms with Crippen LogP contribution in [0.25, 0.3) is 0 Å². The van der Waals surface area contributed by atoms with Crippen molar-refractivity contribution in [2.75, 3.05) is 26.0 Å². The molecule has 0 saturated carbocycles. The Morgan fingerprint density at radius 2 is 1.57 bits per heavy atom. The van der Waals surface area contributed by atoms with Gasteiger partial charge in [0.2, 0.25) is 15.9 Å². The summed E-state index contributed by atoms with van der Waals surface area (Å²) in [5.74, 6) is 0.152. The number of benzene rings is 3. The van der Waals surface area contributed by atoms with Crippen LogP contribution in [0, 0.1) is 0 Å². The molecule has 3 aromatic rings. The Bertz CT molecular complexity index is 1100. The zero-order chi connectivity index (χ0) is 21.6. The number of nitrogens with zero attached hydrogens (tertiary/aromatic N) is 1. The van der Waals surface area contributed by atoms with Gasteiger partial charge in [-0.1, -0.05) is 48.5 Å². The van der Waals surface area contributed by atoms with E-state index in [1.165, 1.54) is 26.3 Å². The molecule has 0 bridgehead atoms. The number of para-hydroxylation sites is 1. The number of rotatable bonds is 8. The van der Waals surface area contributed by atoms with E-state index in [-0.39, 0.29) is 11.4 Å². The summed E-state index contributed by atoms with van der Waals surface area (Å²) in [7, 11) is -0.900. The highest BCUT2D eigenvalue weighted by Crippen LogP contribution is 2.21. The van der Waals surface area contributed by atoms with Crippen molar-refractivity contribution in [3.8, 4) is 5.75 Å². The van der Waals surface area contributed by atoms with E-state index < -0.39 is 15.9 Å². The molecule has 0 radical (unpaired) electrons. The lowest BCUT2D eigenvalue weighted by atomic mass is 10.0. The molecule has 7 heteroatoms. The summed E-state index contributed by atoms with van der Waals surface area (Å²) in [5, 5.41) is 2.84. The van der Waals surface area contributed by atoms with Crippen molar-refractivity contribution in [2.24, 2.45) is 0 Å². The Morgan fingerprint density at radius 1 is 0.933 bits per heavy atom. The molecule has 0 heterocycles. The highest BCUT2D eigenvalue weighted by molar-refractivity contribution is 7.89. The molecule has 1 N–H and O–H groups in total. The van der Waals surface area contributed by atoms with Gasteiger partial charge in [0.25, 0.3) is 0 Å². The molecule has 6 nitrogen and oxygen atoms in total. The van der Waals surface area contributed by atoms with Gasteiger partial charge in [-0.3, -0.25) is 4.79 Å². The van der Waals surface area contributed by atoms with E-state index in [2.05, 4.69) is 5.32 Å². The highest BCUT2D eigenvalue weighted by Gasteiger charge is 2.23. The number of methoxy groups -OCH3 is 1. The van der Waals surface area contributed by atoms with Crippen molar-refractivity contribution in [1.29, 1.82) is 0 Å². The molecule has 30 heavy (non-hydrogen) atoms. The molecule has 0 aliphatic heterocycles. The van der Waals surface area contributed by atoms with E-state index >= 15 is 0 Å². The zero-order valence-corrected chi connectivity index (χ0v) is 17.7. The summed E-state index contributed by atoms with van der Waals surface area (Å²) >= 11 is 0. The third kappa shape index (κ3) is 5.25. The lowest BCUT2D eigenvalue weighted by Gasteiger charge is -2.18. The number of ether oxygens (including phenoxy) is 1. The van der Waals surface area contributed by atoms with E-state index in [1.54, 1.807) is 12.1 Å². The number of nitrogens with one attached hydrogen (secondary N) is 1. The molecule has 0 aliphatic carbocycles. The van der Waals surface area contributed by atoms with Crippen LogP contribution in [-0.4, -0.2) is 39.3 Å². The number of amides is 1. The average molecular weight is 425 g/mol. The van der Waals surface area contributed by atoms with Crippen molar-refractivity contribution in [3.63, 3.8) is 0 Å². The fourth-order valence-corrected chi connectivity index (χ4v) is 4.14. The third-order valence-electron chi connectivity index (χ3n) is 4.66. The predicted octanol–water partition coefficient (Wildman–Crippen LogP) is 3.55. The smallest absolute Gasteiger partial charge is 0.243 e. The summed E-state index contributed by atoms with van der Waals surface area (Å²) in [4.78, 5) is 12.7. The number of likely N-dealkylation sites (N-methyl/N-ethyl adjacent to an activating group) is 1. The minimum atomic E-state index is -3.79. The molecule has 3 aromatic carbocycles. The van der Waals surface area contributed by atoms with Crippen LogP contribution in [0.15, 0.2) is 83.8 Å². The van der Waals surface area contributed by atoms with E-state index in [0.717, 1.165) is 15.4 Å². The predicted molar refractivity (Wildman–Crippen MR) is 117 cm³/mol. The van der Waals surface area contributed by atoms with Crippen LogP contribution in [0.2, 0.25) is 0 Å². The molecule has 0 unspecified atom stereocenters. The van der Waals surface area contributed by atoms with E-state index in [0.29, 0.717) is 17.9 Å². The second-order valence-electron chi connectivity index (χ2n) is 6.80. The molecular weight excluding hydrogens is 400 g/mol. The van der Waals surface area contributed by atoms with Crippen molar-refractivity contribution < 1.29 is 17.9 Å². The molecule has 0 aromatic heterocycles. The minimum Gasteiger partial charge on any atom is -0.497 e. The minimum absolute atomic E-state index is 0.100. The van der Waals surface area contributed by atoms with E-state index in [1.807, 2.05) is 54.6 Å². The molecule has 1 amide bonds. The summed E-state index contributed by atoms with van der Waals surface area (Å²) < 4.78 is 31.6. The van der Waals surface area contributed by atoms with Gasteiger partial charge in [-0.05, 0) is 47.9 Å². The Labute approximate surface area is 177 Å². The first-order valence-electron chi connectivity index (χ1n) is 9.42. The van der Waals surface area contributed by atoms with Crippen LogP contribution in [0.5, 0.6) is 5.75 Å². The Kier molecular flexibility index (Phi) is 6.87. The molecule has 0 spiro atoms. The standard InChI is InChI=1S/C23H24N2O4S/c1-25(30(27,28)21-14-12-20(29-2)13-15-21)17-23(26)24-22-11-7-6-10-19(22)16-18-8-4-3-5-9-18/h3-15H,16-17H2,1-2H3,(H,24,26). The van der Waals surface area contributed by atoms with Gasteiger partial charge in [-0.2, -0.15) is 4.31 Å². The van der Waals surface area contributed by atoms with Crippen molar-refractivity contribution >= 4 is 21.6 Å². The van der Waals surface area contributed by atoms with Crippen molar-refractivity contribution in [3.05, 3.63) is 90.0 Å². The van der Waals surface area contributed by atoms with Crippen molar-refractivity contribution in [1.82, 2.24) is 4.31 Å². The maximum absolute atomic E-state index is 12.7. The summed E-state index contributed by atoms with van der Waals surface area (Å²) in [6.07, 6.45) is 0.664. The average Bonchev–Trinajstić information content (AvgIpc) is 2.75. The van der Waals surface area contributed by atoms with Gasteiger partial charge in [-0.15, -0.1) is 0 Å². The maximum atomic E-state index is 12.7. The number of carbonyl (C=O) groups is 1. The van der Waals surface area contributed by atoms with Gasteiger partial charge in [0.15, 0.2) is 0 Å². The SMILES string of the molecule is COc1ccc(S(=O)(=O)N(C)CC(=O)Nc2ccccc2Cc2ccccc2)cc1. The van der Waals surface area contributed by atoms with Crippen molar-refractivity contribution in [2.45, 2.75) is 11.3 Å². The molecule has 0 fully saturated rings. The second-order valence-corrected chi connectivity index (χ2v) is 8.85. The molecule has 0 atom stereocenters. The maximum Gasteiger partial charge on any atom is 0.243 e. The Morgan fingerprint density at radius 3 is 2.23 bits per heavy atom. The fraction of sp³-hybridized carbons (Fsp3) is 0.174. The van der Waals surface area contributed by atoms with Gasteiger partial charge >= 0.3 is 0 Å². The molecule has 0 saturated heterocycles. The first-order chi connectivity index (χ1) is 14.4. The van der Waals surface area contributed by atoms with E-state index in [4.69, 9.17) is 4.74 Å². The van der Waals surface area contributed by atoms with E-state index in [9.17, 15) is 13.2 Å². The topological polar surface area (TPSA) is 75.7 Å².